The molecular formula is C25H20N2O4S. The van der Waals surface area contributed by atoms with Gasteiger partial charge in [0.2, 0.25) is 9.84 Å². The molecular weight excluding hydrogens is 424 g/mol. The van der Waals surface area contributed by atoms with E-state index in [2.05, 4.69) is 0 Å². The lowest BCUT2D eigenvalue weighted by molar-refractivity contribution is 0.0528. The molecule has 0 saturated carbocycles. The Hall–Kier alpha value is -3.71. The zero-order valence-corrected chi connectivity index (χ0v) is 18.4. The van der Waals surface area contributed by atoms with E-state index in [1.54, 1.807) is 49.4 Å². The molecule has 0 bridgehead atoms. The predicted octanol–water partition coefficient (Wildman–Crippen LogP) is 4.99. The highest BCUT2D eigenvalue weighted by molar-refractivity contribution is 7.92. The van der Waals surface area contributed by atoms with E-state index in [1.165, 1.54) is 0 Å². The molecule has 1 aromatic heterocycles. The Labute approximate surface area is 186 Å². The lowest BCUT2D eigenvalue weighted by Gasteiger charge is -2.30. The highest BCUT2D eigenvalue weighted by atomic mass is 32.2. The molecule has 0 atom stereocenters. The number of fused-ring (bicyclic) bond motifs is 3. The van der Waals surface area contributed by atoms with Gasteiger partial charge in [0.15, 0.2) is 0 Å². The number of benzene rings is 3. The van der Waals surface area contributed by atoms with Crippen molar-refractivity contribution >= 4 is 38.1 Å². The van der Waals surface area contributed by atoms with Crippen LogP contribution in [0.15, 0.2) is 82.6 Å². The summed E-state index contributed by atoms with van der Waals surface area (Å²) in [5, 5.41) is 0.710. The number of carbonyl (C=O) groups is 1. The molecule has 160 valence electrons. The van der Waals surface area contributed by atoms with Crippen LogP contribution in [-0.2, 0) is 14.6 Å². The largest absolute Gasteiger partial charge is 0.462 e. The van der Waals surface area contributed by atoms with Crippen molar-refractivity contribution in [3.05, 3.63) is 78.4 Å². The van der Waals surface area contributed by atoms with Crippen LogP contribution in [0.25, 0.3) is 22.2 Å². The van der Waals surface area contributed by atoms with Gasteiger partial charge in [0, 0.05) is 18.0 Å². The van der Waals surface area contributed by atoms with Crippen LogP contribution in [0.3, 0.4) is 0 Å². The fourth-order valence-electron chi connectivity index (χ4n) is 4.08. The standard InChI is InChI=1S/C25H20N2O4S/c1-3-31-25(28)18-15-20(26-19-9-5-4-8-17(18)19)16-12-13-24-22(14-16)27(2)21-10-6-7-11-23(21)32(24,29)30/h4-15H,3H2,1-2H3. The van der Waals surface area contributed by atoms with Gasteiger partial charge in [-0.1, -0.05) is 36.4 Å². The summed E-state index contributed by atoms with van der Waals surface area (Å²) in [5.41, 5.74) is 3.55. The minimum atomic E-state index is -3.63. The first-order valence-corrected chi connectivity index (χ1v) is 11.7. The SMILES string of the molecule is CCOC(=O)c1cc(-c2ccc3c(c2)N(C)c2ccccc2S3(=O)=O)nc2ccccc12. The van der Waals surface area contributed by atoms with Crippen molar-refractivity contribution in [3.8, 4) is 11.3 Å². The van der Waals surface area contributed by atoms with Crippen LogP contribution in [0.4, 0.5) is 11.4 Å². The van der Waals surface area contributed by atoms with Gasteiger partial charge in [0.25, 0.3) is 0 Å². The number of aromatic nitrogens is 1. The highest BCUT2D eigenvalue weighted by Gasteiger charge is 2.32. The van der Waals surface area contributed by atoms with E-state index in [4.69, 9.17) is 9.72 Å². The molecule has 1 aliphatic heterocycles. The van der Waals surface area contributed by atoms with Gasteiger partial charge >= 0.3 is 5.97 Å². The number of esters is 1. The molecule has 0 unspecified atom stereocenters. The van der Waals surface area contributed by atoms with E-state index in [-0.39, 0.29) is 16.4 Å². The molecule has 0 fully saturated rings. The first-order chi connectivity index (χ1) is 15.4. The number of rotatable bonds is 3. The summed E-state index contributed by atoms with van der Waals surface area (Å²) in [4.78, 5) is 19.7. The molecule has 7 heteroatoms. The molecule has 0 saturated heterocycles. The number of hydrogen-bond donors (Lipinski definition) is 0. The van der Waals surface area contributed by atoms with Gasteiger partial charge < -0.3 is 9.64 Å². The van der Waals surface area contributed by atoms with Gasteiger partial charge in [-0.3, -0.25) is 0 Å². The van der Waals surface area contributed by atoms with Gasteiger partial charge in [-0.25, -0.2) is 18.2 Å². The maximum atomic E-state index is 13.2. The summed E-state index contributed by atoms with van der Waals surface area (Å²) in [6, 6.07) is 21.2. The number of carbonyl (C=O) groups excluding carboxylic acids is 1. The Morgan fingerprint density at radius 1 is 0.938 bits per heavy atom. The molecule has 4 aromatic rings. The van der Waals surface area contributed by atoms with Crippen LogP contribution in [-0.4, -0.2) is 33.0 Å². The third kappa shape index (κ3) is 3.05. The molecule has 5 rings (SSSR count). The first-order valence-electron chi connectivity index (χ1n) is 10.2. The summed E-state index contributed by atoms with van der Waals surface area (Å²) < 4.78 is 31.6. The average Bonchev–Trinajstić information content (AvgIpc) is 2.82. The zero-order chi connectivity index (χ0) is 22.5. The Balaban J connectivity index is 1.70. The maximum Gasteiger partial charge on any atom is 0.338 e. The van der Waals surface area contributed by atoms with Crippen molar-refractivity contribution in [2.75, 3.05) is 18.6 Å². The lowest BCUT2D eigenvalue weighted by Crippen LogP contribution is -2.22. The topological polar surface area (TPSA) is 76.6 Å². The van der Waals surface area contributed by atoms with Crippen LogP contribution in [0, 0.1) is 0 Å². The maximum absolute atomic E-state index is 13.2. The smallest absolute Gasteiger partial charge is 0.338 e. The first kappa shape index (κ1) is 20.2. The van der Waals surface area contributed by atoms with E-state index < -0.39 is 15.8 Å². The third-order valence-electron chi connectivity index (χ3n) is 5.63. The van der Waals surface area contributed by atoms with Crippen LogP contribution in [0.5, 0.6) is 0 Å². The average molecular weight is 445 g/mol. The number of anilines is 2. The molecule has 0 N–H and O–H groups in total. The number of pyridine rings is 1. The van der Waals surface area contributed by atoms with E-state index in [0.717, 1.165) is 0 Å². The number of hydrogen-bond acceptors (Lipinski definition) is 6. The van der Waals surface area contributed by atoms with Gasteiger partial charge in [0.05, 0.1) is 44.5 Å². The van der Waals surface area contributed by atoms with Crippen LogP contribution < -0.4 is 4.90 Å². The van der Waals surface area contributed by atoms with Crippen molar-refractivity contribution in [1.82, 2.24) is 4.98 Å². The number of ether oxygens (including phenoxy) is 1. The Bertz CT molecular complexity index is 1500. The van der Waals surface area contributed by atoms with E-state index in [1.807, 2.05) is 42.3 Å². The minimum Gasteiger partial charge on any atom is -0.462 e. The molecule has 2 heterocycles. The van der Waals surface area contributed by atoms with Crippen molar-refractivity contribution in [3.63, 3.8) is 0 Å². The van der Waals surface area contributed by atoms with E-state index in [0.29, 0.717) is 39.1 Å². The second kappa shape index (κ2) is 7.46. The number of para-hydroxylation sites is 2. The quantitative estimate of drug-likeness (QED) is 0.414. The molecule has 0 spiro atoms. The zero-order valence-electron chi connectivity index (χ0n) is 17.6. The van der Waals surface area contributed by atoms with Gasteiger partial charge in [-0.15, -0.1) is 0 Å². The van der Waals surface area contributed by atoms with Gasteiger partial charge in [-0.2, -0.15) is 0 Å². The fourth-order valence-corrected chi connectivity index (χ4v) is 5.77. The monoisotopic (exact) mass is 444 g/mol. The molecule has 0 amide bonds. The van der Waals surface area contributed by atoms with E-state index >= 15 is 0 Å². The predicted molar refractivity (Wildman–Crippen MR) is 123 cm³/mol. The number of sulfone groups is 1. The van der Waals surface area contributed by atoms with Crippen LogP contribution >= 0.6 is 0 Å². The molecule has 0 aliphatic carbocycles. The fraction of sp³-hybridized carbons (Fsp3) is 0.120. The van der Waals surface area contributed by atoms with E-state index in [9.17, 15) is 13.2 Å². The molecule has 32 heavy (non-hydrogen) atoms. The minimum absolute atomic E-state index is 0.244. The Kier molecular flexibility index (Phi) is 4.71. The molecule has 6 nitrogen and oxygen atoms in total. The van der Waals surface area contributed by atoms with Crippen molar-refractivity contribution in [1.29, 1.82) is 0 Å². The van der Waals surface area contributed by atoms with Gasteiger partial charge in [0.1, 0.15) is 0 Å². The second-order valence-corrected chi connectivity index (χ2v) is 9.39. The summed E-state index contributed by atoms with van der Waals surface area (Å²) in [6.45, 7) is 2.03. The van der Waals surface area contributed by atoms with Crippen molar-refractivity contribution in [2.24, 2.45) is 0 Å². The molecule has 1 aliphatic rings. The summed E-state index contributed by atoms with van der Waals surface area (Å²) in [6.07, 6.45) is 0. The summed E-state index contributed by atoms with van der Waals surface area (Å²) in [7, 11) is -1.79. The van der Waals surface area contributed by atoms with Crippen molar-refractivity contribution < 1.29 is 17.9 Å². The third-order valence-corrected chi connectivity index (χ3v) is 7.48. The Morgan fingerprint density at radius 2 is 1.66 bits per heavy atom. The summed E-state index contributed by atoms with van der Waals surface area (Å²) in [5.74, 6) is -0.418. The highest BCUT2D eigenvalue weighted by Crippen LogP contribution is 2.44. The Morgan fingerprint density at radius 3 is 2.47 bits per heavy atom. The normalized spacial score (nSPS) is 14.0. The summed E-state index contributed by atoms with van der Waals surface area (Å²) >= 11 is 0. The molecule has 0 radical (unpaired) electrons. The van der Waals surface area contributed by atoms with Crippen LogP contribution in [0.1, 0.15) is 17.3 Å². The molecule has 3 aromatic carbocycles. The van der Waals surface area contributed by atoms with Gasteiger partial charge in [-0.05, 0) is 43.3 Å². The van der Waals surface area contributed by atoms with Crippen molar-refractivity contribution in [2.45, 2.75) is 16.7 Å². The van der Waals surface area contributed by atoms with Crippen LogP contribution in [0.2, 0.25) is 0 Å². The number of nitrogens with zero attached hydrogens (tertiary/aromatic N) is 2. The lowest BCUT2D eigenvalue weighted by atomic mass is 10.0. The second-order valence-electron chi connectivity index (χ2n) is 7.51.